The second kappa shape index (κ2) is 11.8. The zero-order valence-electron chi connectivity index (χ0n) is 21.7. The van der Waals surface area contributed by atoms with Crippen molar-refractivity contribution >= 4 is 17.5 Å². The van der Waals surface area contributed by atoms with E-state index in [2.05, 4.69) is 30.4 Å². The summed E-state index contributed by atoms with van der Waals surface area (Å²) in [7, 11) is 1.92. The van der Waals surface area contributed by atoms with Crippen molar-refractivity contribution in [3.63, 3.8) is 0 Å². The Bertz CT molecular complexity index is 1310. The number of anilines is 2. The van der Waals surface area contributed by atoms with Crippen LogP contribution in [0.1, 0.15) is 48.3 Å². The number of nitro groups is 1. The van der Waals surface area contributed by atoms with Crippen molar-refractivity contribution < 1.29 is 22.8 Å². The molecule has 0 bridgehead atoms. The molecule has 14 heteroatoms. The van der Waals surface area contributed by atoms with Gasteiger partial charge in [0.2, 0.25) is 11.8 Å². The van der Waals surface area contributed by atoms with Crippen LogP contribution in [-0.2, 0) is 26.6 Å². The van der Waals surface area contributed by atoms with Gasteiger partial charge >= 0.3 is 12.0 Å². The van der Waals surface area contributed by atoms with Gasteiger partial charge < -0.3 is 21.1 Å². The monoisotopic (exact) mass is 548 g/mol. The first-order chi connectivity index (χ1) is 18.5. The van der Waals surface area contributed by atoms with E-state index in [0.29, 0.717) is 19.0 Å². The highest BCUT2D eigenvalue weighted by Gasteiger charge is 2.32. The van der Waals surface area contributed by atoms with E-state index in [1.54, 1.807) is 6.07 Å². The molecular formula is C25H31F3N8O3. The van der Waals surface area contributed by atoms with Crippen molar-refractivity contribution in [1.82, 2.24) is 25.1 Å². The number of nitrogens with one attached hydrogen (secondary N) is 2. The average molecular weight is 549 g/mol. The lowest BCUT2D eigenvalue weighted by Crippen LogP contribution is -2.33. The van der Waals surface area contributed by atoms with Gasteiger partial charge in [0.05, 0.1) is 16.3 Å². The van der Waals surface area contributed by atoms with Crippen molar-refractivity contribution in [2.24, 2.45) is 13.0 Å². The highest BCUT2D eigenvalue weighted by molar-refractivity contribution is 5.58. The summed E-state index contributed by atoms with van der Waals surface area (Å²) in [4.78, 5) is 19.5. The SMILES string of the molecule is Cc1cc(CN[C@H]2CC[C@H](Cc3nc(NCc4ccccc4OC(F)(F)F)nc(N)c3[N+](=O)[O-])CC2)n(C)n1. The number of nitrogens with two attached hydrogens (primary N) is 1. The molecule has 0 atom stereocenters. The number of para-hydroxylation sites is 1. The lowest BCUT2D eigenvalue weighted by molar-refractivity contribution is -0.385. The fraction of sp³-hybridized carbons (Fsp3) is 0.480. The Morgan fingerprint density at radius 3 is 2.54 bits per heavy atom. The van der Waals surface area contributed by atoms with Gasteiger partial charge in [-0.15, -0.1) is 13.2 Å². The third-order valence-corrected chi connectivity index (χ3v) is 6.80. The van der Waals surface area contributed by atoms with Gasteiger partial charge in [0.15, 0.2) is 0 Å². The lowest BCUT2D eigenvalue weighted by Gasteiger charge is -2.29. The molecule has 0 amide bonds. The molecule has 1 aliphatic rings. The molecule has 210 valence electrons. The van der Waals surface area contributed by atoms with Crippen LogP contribution in [0.3, 0.4) is 0 Å². The van der Waals surface area contributed by atoms with E-state index in [0.717, 1.165) is 37.1 Å². The number of alkyl halides is 3. The van der Waals surface area contributed by atoms with Gasteiger partial charge in [-0.3, -0.25) is 14.8 Å². The summed E-state index contributed by atoms with van der Waals surface area (Å²) >= 11 is 0. The topological polar surface area (TPSA) is 146 Å². The van der Waals surface area contributed by atoms with Crippen LogP contribution in [0.5, 0.6) is 5.75 Å². The second-order valence-electron chi connectivity index (χ2n) is 9.70. The molecule has 1 saturated carbocycles. The van der Waals surface area contributed by atoms with Gasteiger partial charge in [0, 0.05) is 31.7 Å². The number of ether oxygens (including phenoxy) is 1. The first-order valence-corrected chi connectivity index (χ1v) is 12.6. The molecule has 1 fully saturated rings. The minimum absolute atomic E-state index is 0.00302. The van der Waals surface area contributed by atoms with Gasteiger partial charge in [0.1, 0.15) is 11.4 Å². The number of hydrogen-bond donors (Lipinski definition) is 3. The summed E-state index contributed by atoms with van der Waals surface area (Å²) < 4.78 is 44.2. The number of aryl methyl sites for hydroxylation is 2. The molecule has 11 nitrogen and oxygen atoms in total. The van der Waals surface area contributed by atoms with E-state index in [1.165, 1.54) is 18.2 Å². The average Bonchev–Trinajstić information content (AvgIpc) is 3.18. The molecule has 4 rings (SSSR count). The van der Waals surface area contributed by atoms with Gasteiger partial charge in [-0.1, -0.05) is 18.2 Å². The van der Waals surface area contributed by atoms with Crippen LogP contribution in [-0.4, -0.2) is 37.1 Å². The number of hydrogen-bond acceptors (Lipinski definition) is 9. The van der Waals surface area contributed by atoms with E-state index < -0.39 is 11.3 Å². The predicted molar refractivity (Wildman–Crippen MR) is 138 cm³/mol. The Morgan fingerprint density at radius 2 is 1.90 bits per heavy atom. The van der Waals surface area contributed by atoms with E-state index in [1.807, 2.05) is 24.7 Å². The number of benzene rings is 1. The molecular weight excluding hydrogens is 517 g/mol. The summed E-state index contributed by atoms with van der Waals surface area (Å²) in [5.41, 5.74) is 8.07. The summed E-state index contributed by atoms with van der Waals surface area (Å²) in [6.07, 6.45) is -0.959. The molecule has 4 N–H and O–H groups in total. The van der Waals surface area contributed by atoms with Crippen LogP contribution >= 0.6 is 0 Å². The Labute approximate surface area is 223 Å². The number of aromatic nitrogens is 4. The highest BCUT2D eigenvalue weighted by atomic mass is 19.4. The van der Waals surface area contributed by atoms with Crippen molar-refractivity contribution in [1.29, 1.82) is 0 Å². The summed E-state index contributed by atoms with van der Waals surface area (Å²) in [5, 5.41) is 22.5. The van der Waals surface area contributed by atoms with Gasteiger partial charge in [-0.25, -0.2) is 4.98 Å². The van der Waals surface area contributed by atoms with Crippen molar-refractivity contribution in [3.05, 3.63) is 63.1 Å². The van der Waals surface area contributed by atoms with Crippen LogP contribution in [0, 0.1) is 23.0 Å². The first-order valence-electron chi connectivity index (χ1n) is 12.6. The Balaban J connectivity index is 1.40. The maximum Gasteiger partial charge on any atom is 0.573 e. The Hall–Kier alpha value is -3.94. The maximum atomic E-state index is 12.7. The quantitative estimate of drug-likeness (QED) is 0.248. The molecule has 39 heavy (non-hydrogen) atoms. The fourth-order valence-corrected chi connectivity index (χ4v) is 4.91. The van der Waals surface area contributed by atoms with Gasteiger partial charge in [-0.05, 0) is 57.1 Å². The largest absolute Gasteiger partial charge is 0.573 e. The van der Waals surface area contributed by atoms with Crippen molar-refractivity contribution in [3.8, 4) is 5.75 Å². The van der Waals surface area contributed by atoms with Crippen LogP contribution in [0.15, 0.2) is 30.3 Å². The van der Waals surface area contributed by atoms with Crippen LogP contribution in [0.4, 0.5) is 30.6 Å². The molecule has 1 aliphatic carbocycles. The number of nitrogen functional groups attached to an aromatic ring is 1. The molecule has 1 aromatic carbocycles. The fourth-order valence-electron chi connectivity index (χ4n) is 4.91. The first kappa shape index (κ1) is 28.1. The third-order valence-electron chi connectivity index (χ3n) is 6.80. The normalized spacial score (nSPS) is 17.7. The van der Waals surface area contributed by atoms with E-state index in [-0.39, 0.29) is 46.9 Å². The number of halogens is 3. The van der Waals surface area contributed by atoms with Crippen LogP contribution in [0.2, 0.25) is 0 Å². The summed E-state index contributed by atoms with van der Waals surface area (Å²) in [6.45, 7) is 2.57. The Morgan fingerprint density at radius 1 is 1.18 bits per heavy atom. The molecule has 0 aliphatic heterocycles. The molecule has 2 aromatic heterocycles. The van der Waals surface area contributed by atoms with Crippen LogP contribution < -0.4 is 21.1 Å². The van der Waals surface area contributed by atoms with Gasteiger partial charge in [-0.2, -0.15) is 10.1 Å². The minimum Gasteiger partial charge on any atom is -0.405 e. The van der Waals surface area contributed by atoms with E-state index in [4.69, 9.17) is 5.73 Å². The molecule has 3 aromatic rings. The maximum absolute atomic E-state index is 12.7. The molecule has 0 spiro atoms. The number of rotatable bonds is 10. The van der Waals surface area contributed by atoms with Crippen molar-refractivity contribution in [2.45, 2.75) is 64.5 Å². The molecule has 2 heterocycles. The lowest BCUT2D eigenvalue weighted by atomic mass is 9.83. The van der Waals surface area contributed by atoms with E-state index in [9.17, 15) is 23.3 Å². The highest BCUT2D eigenvalue weighted by Crippen LogP contribution is 2.33. The molecule has 0 unspecified atom stereocenters. The standard InChI is InChI=1S/C25H31F3N8O3/c1-15-11-19(35(2)34-15)14-30-18-9-7-16(8-10-18)12-20-22(36(37)38)23(29)33-24(32-20)31-13-17-5-3-4-6-21(17)39-25(26,27)28/h3-6,11,16,18,30H,7-10,12-14H2,1-2H3,(H3,29,31,32,33)/t16-,18-. The predicted octanol–water partition coefficient (Wildman–Crippen LogP) is 4.41. The summed E-state index contributed by atoms with van der Waals surface area (Å²) in [6, 6.07) is 8.03. The zero-order valence-corrected chi connectivity index (χ0v) is 21.7. The second-order valence-corrected chi connectivity index (χ2v) is 9.70. The molecule has 0 saturated heterocycles. The third kappa shape index (κ3) is 7.56. The Kier molecular flexibility index (Phi) is 8.53. The van der Waals surface area contributed by atoms with Gasteiger partial charge in [0.25, 0.3) is 0 Å². The number of nitrogens with zero attached hydrogens (tertiary/aromatic N) is 5. The van der Waals surface area contributed by atoms with E-state index >= 15 is 0 Å². The smallest absolute Gasteiger partial charge is 0.405 e. The minimum atomic E-state index is -4.84. The van der Waals surface area contributed by atoms with Crippen LogP contribution in [0.25, 0.3) is 0 Å². The zero-order chi connectivity index (χ0) is 28.2. The molecule has 0 radical (unpaired) electrons. The summed E-state index contributed by atoms with van der Waals surface area (Å²) in [5.74, 6) is -0.494. The van der Waals surface area contributed by atoms with Crippen molar-refractivity contribution in [2.75, 3.05) is 11.1 Å².